The molecule has 1 atom stereocenters. The van der Waals surface area contributed by atoms with E-state index in [4.69, 9.17) is 35.4 Å². The van der Waals surface area contributed by atoms with Crippen LogP contribution in [-0.4, -0.2) is 32.2 Å². The molecule has 8 heteroatoms. The van der Waals surface area contributed by atoms with Crippen LogP contribution in [0.25, 0.3) is 6.08 Å². The quantitative estimate of drug-likeness (QED) is 0.570. The molecule has 1 unspecified atom stereocenters. The van der Waals surface area contributed by atoms with Crippen molar-refractivity contribution in [2.75, 3.05) is 0 Å². The minimum Gasteiger partial charge on any atom is -0.480 e. The summed E-state index contributed by atoms with van der Waals surface area (Å²) in [6, 6.07) is 4.05. The van der Waals surface area contributed by atoms with Crippen LogP contribution in [0, 0.1) is 5.92 Å². The Morgan fingerprint density at radius 1 is 1.38 bits per heavy atom. The van der Waals surface area contributed by atoms with Gasteiger partial charge in [-0.3, -0.25) is 9.69 Å². The first-order valence-electron chi connectivity index (χ1n) is 7.16. The molecule has 0 radical (unpaired) electrons. The first-order chi connectivity index (χ1) is 11.2. The molecular weight excluding hydrogens is 389 g/mol. The number of hydrogen-bond acceptors (Lipinski definition) is 4. The van der Waals surface area contributed by atoms with Crippen molar-refractivity contribution in [3.05, 3.63) is 38.7 Å². The lowest BCUT2D eigenvalue weighted by Gasteiger charge is -2.24. The summed E-state index contributed by atoms with van der Waals surface area (Å²) >= 11 is 18.5. The lowest BCUT2D eigenvalue weighted by Crippen LogP contribution is -2.44. The molecule has 1 amide bonds. The van der Waals surface area contributed by atoms with Gasteiger partial charge in [-0.05, 0) is 30.5 Å². The predicted octanol–water partition coefficient (Wildman–Crippen LogP) is 4.69. The van der Waals surface area contributed by atoms with Gasteiger partial charge in [-0.25, -0.2) is 4.79 Å². The second-order valence-corrected chi connectivity index (χ2v) is 8.16. The van der Waals surface area contributed by atoms with Crippen LogP contribution in [0.4, 0.5) is 0 Å². The molecule has 0 saturated carbocycles. The minimum atomic E-state index is -1.07. The van der Waals surface area contributed by atoms with Crippen LogP contribution in [0.1, 0.15) is 25.8 Å². The number of rotatable bonds is 5. The standard InChI is InChI=1S/C16H15Cl2NO3S2/c1-8(2)6-12(15(21)22)19-14(20)13(24-16(19)23)7-9-10(17)4-3-5-11(9)18/h3-5,7-8,12H,6H2,1-2H3,(H,21,22)/b13-7-. The zero-order valence-corrected chi connectivity index (χ0v) is 16.1. The molecule has 1 aliphatic heterocycles. The number of amides is 1. The summed E-state index contributed by atoms with van der Waals surface area (Å²) in [6.07, 6.45) is 1.88. The van der Waals surface area contributed by atoms with E-state index in [0.29, 0.717) is 26.9 Å². The van der Waals surface area contributed by atoms with Gasteiger partial charge in [-0.2, -0.15) is 0 Å². The molecule has 2 rings (SSSR count). The Labute approximate surface area is 159 Å². The number of thiocarbonyl (C=S) groups is 1. The zero-order valence-electron chi connectivity index (χ0n) is 13.0. The van der Waals surface area contributed by atoms with Crippen molar-refractivity contribution < 1.29 is 14.7 Å². The van der Waals surface area contributed by atoms with E-state index in [2.05, 4.69) is 0 Å². The van der Waals surface area contributed by atoms with Gasteiger partial charge in [-0.1, -0.05) is 67.1 Å². The van der Waals surface area contributed by atoms with Gasteiger partial charge in [0.15, 0.2) is 0 Å². The third-order valence-electron chi connectivity index (χ3n) is 3.39. The zero-order chi connectivity index (χ0) is 18.0. The fourth-order valence-corrected chi connectivity index (χ4v) is 4.14. The molecule has 1 aliphatic rings. The van der Waals surface area contributed by atoms with Gasteiger partial charge in [0.25, 0.3) is 5.91 Å². The molecule has 1 N–H and O–H groups in total. The Balaban J connectivity index is 2.38. The number of hydrogen-bond donors (Lipinski definition) is 1. The van der Waals surface area contributed by atoms with E-state index >= 15 is 0 Å². The van der Waals surface area contributed by atoms with Crippen molar-refractivity contribution in [1.82, 2.24) is 4.90 Å². The highest BCUT2D eigenvalue weighted by Gasteiger charge is 2.40. The highest BCUT2D eigenvalue weighted by molar-refractivity contribution is 8.26. The number of benzene rings is 1. The van der Waals surface area contributed by atoms with Gasteiger partial charge in [-0.15, -0.1) is 0 Å². The topological polar surface area (TPSA) is 57.6 Å². The van der Waals surface area contributed by atoms with Gasteiger partial charge in [0, 0.05) is 15.6 Å². The predicted molar refractivity (Wildman–Crippen MR) is 102 cm³/mol. The van der Waals surface area contributed by atoms with Crippen molar-refractivity contribution in [3.63, 3.8) is 0 Å². The van der Waals surface area contributed by atoms with E-state index in [-0.39, 0.29) is 10.2 Å². The van der Waals surface area contributed by atoms with E-state index in [1.165, 1.54) is 4.90 Å². The summed E-state index contributed by atoms with van der Waals surface area (Å²) in [5, 5.41) is 10.3. The van der Waals surface area contributed by atoms with Crippen molar-refractivity contribution in [2.45, 2.75) is 26.3 Å². The van der Waals surface area contributed by atoms with Crippen LogP contribution in [0.15, 0.2) is 23.1 Å². The maximum absolute atomic E-state index is 12.7. The van der Waals surface area contributed by atoms with Crippen molar-refractivity contribution in [2.24, 2.45) is 5.92 Å². The number of carboxylic acid groups (broad SMARTS) is 1. The monoisotopic (exact) mass is 403 g/mol. The molecule has 4 nitrogen and oxygen atoms in total. The van der Waals surface area contributed by atoms with Crippen LogP contribution in [0.2, 0.25) is 10.0 Å². The summed E-state index contributed by atoms with van der Waals surface area (Å²) in [4.78, 5) is 25.7. The van der Waals surface area contributed by atoms with E-state index in [9.17, 15) is 14.7 Å². The number of nitrogens with zero attached hydrogens (tertiary/aromatic N) is 1. The van der Waals surface area contributed by atoms with E-state index in [1.807, 2.05) is 13.8 Å². The largest absolute Gasteiger partial charge is 0.480 e. The number of aliphatic carboxylic acids is 1. The van der Waals surface area contributed by atoms with Crippen LogP contribution in [-0.2, 0) is 9.59 Å². The highest BCUT2D eigenvalue weighted by Crippen LogP contribution is 2.37. The fourth-order valence-electron chi connectivity index (χ4n) is 2.29. The Morgan fingerprint density at radius 2 is 1.96 bits per heavy atom. The van der Waals surface area contributed by atoms with Gasteiger partial charge in [0.05, 0.1) is 4.91 Å². The van der Waals surface area contributed by atoms with E-state index < -0.39 is 17.9 Å². The molecule has 1 fully saturated rings. The molecule has 24 heavy (non-hydrogen) atoms. The Kier molecular flexibility index (Phi) is 6.31. The van der Waals surface area contributed by atoms with Crippen molar-refractivity contribution in [3.8, 4) is 0 Å². The minimum absolute atomic E-state index is 0.109. The van der Waals surface area contributed by atoms with Crippen molar-refractivity contribution in [1.29, 1.82) is 0 Å². The fraction of sp³-hybridized carbons (Fsp3) is 0.312. The Bertz CT molecular complexity index is 714. The van der Waals surface area contributed by atoms with Gasteiger partial charge in [0.1, 0.15) is 10.4 Å². The first kappa shape index (κ1) is 19.2. The Morgan fingerprint density at radius 3 is 2.46 bits per heavy atom. The molecular formula is C16H15Cl2NO3S2. The average Bonchev–Trinajstić information content (AvgIpc) is 2.75. The molecule has 1 aromatic rings. The maximum atomic E-state index is 12.7. The number of carbonyl (C=O) groups excluding carboxylic acids is 1. The average molecular weight is 404 g/mol. The van der Waals surface area contributed by atoms with Crippen molar-refractivity contribution >= 4 is 69.5 Å². The molecule has 1 aromatic carbocycles. The number of carboxylic acids is 1. The summed E-state index contributed by atoms with van der Waals surface area (Å²) < 4.78 is 0.225. The lowest BCUT2D eigenvalue weighted by molar-refractivity contribution is -0.145. The third-order valence-corrected chi connectivity index (χ3v) is 5.38. The summed E-state index contributed by atoms with van der Waals surface area (Å²) in [5.74, 6) is -1.40. The van der Waals surface area contributed by atoms with Gasteiger partial charge < -0.3 is 5.11 Å². The SMILES string of the molecule is CC(C)CC(C(=O)O)N1C(=O)/C(=C/c2c(Cl)cccc2Cl)SC1=S. The third kappa shape index (κ3) is 4.11. The number of carbonyl (C=O) groups is 2. The lowest BCUT2D eigenvalue weighted by atomic mass is 10.0. The molecule has 0 spiro atoms. The van der Waals surface area contributed by atoms with Crippen LogP contribution < -0.4 is 0 Å². The van der Waals surface area contributed by atoms with E-state index in [0.717, 1.165) is 11.8 Å². The normalized spacial score (nSPS) is 17.9. The summed E-state index contributed by atoms with van der Waals surface area (Å²) in [7, 11) is 0. The number of thioether (sulfide) groups is 1. The summed E-state index contributed by atoms with van der Waals surface area (Å²) in [6.45, 7) is 3.79. The maximum Gasteiger partial charge on any atom is 0.326 e. The molecule has 0 aromatic heterocycles. The highest BCUT2D eigenvalue weighted by atomic mass is 35.5. The van der Waals surface area contributed by atoms with Crippen LogP contribution in [0.3, 0.4) is 0 Å². The molecule has 128 valence electrons. The van der Waals surface area contributed by atoms with Gasteiger partial charge in [0.2, 0.25) is 0 Å². The molecule has 1 saturated heterocycles. The first-order valence-corrected chi connectivity index (χ1v) is 9.14. The second-order valence-electron chi connectivity index (χ2n) is 5.67. The summed E-state index contributed by atoms with van der Waals surface area (Å²) in [5.41, 5.74) is 0.511. The van der Waals surface area contributed by atoms with Crippen LogP contribution in [0.5, 0.6) is 0 Å². The van der Waals surface area contributed by atoms with Gasteiger partial charge >= 0.3 is 5.97 Å². The molecule has 1 heterocycles. The molecule has 0 bridgehead atoms. The molecule has 0 aliphatic carbocycles. The van der Waals surface area contributed by atoms with Crippen LogP contribution >= 0.6 is 47.2 Å². The Hall–Kier alpha value is -1.08. The van der Waals surface area contributed by atoms with E-state index in [1.54, 1.807) is 24.3 Å². The number of halogens is 2. The second kappa shape index (κ2) is 7.87. The smallest absolute Gasteiger partial charge is 0.326 e.